The smallest absolute Gasteiger partial charge is 0.186 e. The third-order valence-corrected chi connectivity index (χ3v) is 3.06. The van der Waals surface area contributed by atoms with E-state index in [4.69, 9.17) is 10.00 Å². The van der Waals surface area contributed by atoms with Gasteiger partial charge >= 0.3 is 0 Å². The summed E-state index contributed by atoms with van der Waals surface area (Å²) in [4.78, 5) is 6.61. The Kier molecular flexibility index (Phi) is 3.76. The van der Waals surface area contributed by atoms with Gasteiger partial charge in [0.1, 0.15) is 5.69 Å². The van der Waals surface area contributed by atoms with E-state index in [-0.39, 0.29) is 6.42 Å². The summed E-state index contributed by atoms with van der Waals surface area (Å²) in [6.07, 6.45) is 0.254. The minimum Gasteiger partial charge on any atom is -0.378 e. The first-order chi connectivity index (χ1) is 7.90. The number of nitrogens with zero attached hydrogens (tertiary/aromatic N) is 3. The van der Waals surface area contributed by atoms with Gasteiger partial charge in [-0.1, -0.05) is 5.92 Å². The average Bonchev–Trinajstić information content (AvgIpc) is 2.79. The second-order valence-corrected chi connectivity index (χ2v) is 4.09. The first kappa shape index (κ1) is 10.9. The van der Waals surface area contributed by atoms with Crippen LogP contribution in [0.1, 0.15) is 12.1 Å². The number of hydrogen-bond donors (Lipinski definition) is 0. The Hall–Kier alpha value is -1.56. The standard InChI is InChI=1S/C11H11N3OS/c12-4-2-1-3-10-9-16-11(13-10)14-5-7-15-8-6-14/h9H,2,5-8H2. The molecule has 0 atom stereocenters. The van der Waals surface area contributed by atoms with Crippen molar-refractivity contribution in [3.8, 4) is 17.9 Å². The number of morpholine rings is 1. The molecule has 4 nitrogen and oxygen atoms in total. The first-order valence-corrected chi connectivity index (χ1v) is 5.92. The molecule has 1 aliphatic heterocycles. The van der Waals surface area contributed by atoms with Gasteiger partial charge in [-0.05, 0) is 5.92 Å². The van der Waals surface area contributed by atoms with Gasteiger partial charge in [-0.25, -0.2) is 4.98 Å². The number of hydrogen-bond acceptors (Lipinski definition) is 5. The third kappa shape index (κ3) is 2.73. The molecular formula is C11H11N3OS. The Labute approximate surface area is 98.5 Å². The summed E-state index contributed by atoms with van der Waals surface area (Å²) in [6, 6.07) is 1.98. The van der Waals surface area contributed by atoms with Gasteiger partial charge < -0.3 is 9.64 Å². The Morgan fingerprint density at radius 2 is 2.31 bits per heavy atom. The molecule has 1 fully saturated rings. The molecule has 2 rings (SSSR count). The van der Waals surface area contributed by atoms with Gasteiger partial charge in [0.2, 0.25) is 0 Å². The second kappa shape index (κ2) is 5.50. The van der Waals surface area contributed by atoms with Gasteiger partial charge in [-0.3, -0.25) is 0 Å². The summed E-state index contributed by atoms with van der Waals surface area (Å²) < 4.78 is 5.28. The van der Waals surface area contributed by atoms with Gasteiger partial charge in [0, 0.05) is 18.5 Å². The molecule has 0 bridgehead atoms. The molecule has 5 heteroatoms. The van der Waals surface area contributed by atoms with Crippen LogP contribution in [0.5, 0.6) is 0 Å². The van der Waals surface area contributed by atoms with Gasteiger partial charge in [0.05, 0.1) is 25.7 Å². The minimum atomic E-state index is 0.254. The van der Waals surface area contributed by atoms with E-state index >= 15 is 0 Å². The molecule has 0 amide bonds. The Bertz CT molecular complexity index is 446. The zero-order valence-corrected chi connectivity index (χ0v) is 9.59. The zero-order chi connectivity index (χ0) is 11.2. The second-order valence-electron chi connectivity index (χ2n) is 3.25. The lowest BCUT2D eigenvalue weighted by molar-refractivity contribution is 0.122. The average molecular weight is 233 g/mol. The van der Waals surface area contributed by atoms with Crippen LogP contribution in [0.2, 0.25) is 0 Å². The van der Waals surface area contributed by atoms with E-state index in [1.807, 2.05) is 11.4 Å². The number of aromatic nitrogens is 1. The van der Waals surface area contributed by atoms with Gasteiger partial charge in [0.15, 0.2) is 5.13 Å². The fourth-order valence-electron chi connectivity index (χ4n) is 1.40. The molecule has 2 heterocycles. The molecule has 0 spiro atoms. The summed E-state index contributed by atoms with van der Waals surface area (Å²) in [7, 11) is 0. The summed E-state index contributed by atoms with van der Waals surface area (Å²) >= 11 is 1.59. The zero-order valence-electron chi connectivity index (χ0n) is 8.77. The molecule has 16 heavy (non-hydrogen) atoms. The maximum Gasteiger partial charge on any atom is 0.186 e. The highest BCUT2D eigenvalue weighted by Crippen LogP contribution is 2.20. The minimum absolute atomic E-state index is 0.254. The predicted octanol–water partition coefficient (Wildman–Crippen LogP) is 1.24. The highest BCUT2D eigenvalue weighted by molar-refractivity contribution is 7.13. The number of rotatable bonds is 1. The molecule has 0 aromatic carbocycles. The van der Waals surface area contributed by atoms with Crippen LogP contribution < -0.4 is 4.90 Å². The molecule has 0 unspecified atom stereocenters. The van der Waals surface area contributed by atoms with E-state index in [9.17, 15) is 0 Å². The van der Waals surface area contributed by atoms with Crippen LogP contribution in [0.15, 0.2) is 5.38 Å². The summed E-state index contributed by atoms with van der Waals surface area (Å²) in [5.41, 5.74) is 0.752. The van der Waals surface area contributed by atoms with Crippen molar-refractivity contribution < 1.29 is 4.74 Å². The van der Waals surface area contributed by atoms with Crippen molar-refractivity contribution >= 4 is 16.5 Å². The number of anilines is 1. The molecule has 1 aliphatic rings. The van der Waals surface area contributed by atoms with Crippen molar-refractivity contribution in [3.63, 3.8) is 0 Å². The Morgan fingerprint density at radius 3 is 3.06 bits per heavy atom. The number of thiazole rings is 1. The van der Waals surface area contributed by atoms with Crippen LogP contribution in [-0.4, -0.2) is 31.3 Å². The lowest BCUT2D eigenvalue weighted by Crippen LogP contribution is -2.36. The fourth-order valence-corrected chi connectivity index (χ4v) is 2.21. The van der Waals surface area contributed by atoms with E-state index in [0.717, 1.165) is 37.1 Å². The van der Waals surface area contributed by atoms with Crippen molar-refractivity contribution in [1.29, 1.82) is 5.26 Å². The third-order valence-electron chi connectivity index (χ3n) is 2.16. The maximum atomic E-state index is 8.36. The van der Waals surface area contributed by atoms with Crippen LogP contribution in [-0.2, 0) is 4.74 Å². The van der Waals surface area contributed by atoms with Crippen molar-refractivity contribution in [1.82, 2.24) is 4.98 Å². The lowest BCUT2D eigenvalue weighted by Gasteiger charge is -2.25. The predicted molar refractivity (Wildman–Crippen MR) is 62.3 cm³/mol. The molecule has 0 radical (unpaired) electrons. The van der Waals surface area contributed by atoms with Crippen molar-refractivity contribution in [3.05, 3.63) is 11.1 Å². The molecule has 1 aromatic rings. The lowest BCUT2D eigenvalue weighted by atomic mass is 10.4. The molecule has 1 aromatic heterocycles. The summed E-state index contributed by atoms with van der Waals surface area (Å²) in [5.74, 6) is 5.63. The van der Waals surface area contributed by atoms with E-state index in [1.165, 1.54) is 0 Å². The van der Waals surface area contributed by atoms with E-state index < -0.39 is 0 Å². The Balaban J connectivity index is 2.02. The van der Waals surface area contributed by atoms with Gasteiger partial charge in [-0.15, -0.1) is 11.3 Å². The quantitative estimate of drug-likeness (QED) is 0.685. The summed E-state index contributed by atoms with van der Waals surface area (Å²) in [6.45, 7) is 3.29. The maximum absolute atomic E-state index is 8.36. The van der Waals surface area contributed by atoms with Crippen LogP contribution in [0, 0.1) is 23.2 Å². The van der Waals surface area contributed by atoms with Crippen molar-refractivity contribution in [2.45, 2.75) is 6.42 Å². The topological polar surface area (TPSA) is 49.2 Å². The SMILES string of the molecule is N#CCC#Cc1csc(N2CCOCC2)n1. The van der Waals surface area contributed by atoms with E-state index in [2.05, 4.69) is 21.7 Å². The number of nitriles is 1. The first-order valence-electron chi connectivity index (χ1n) is 5.04. The van der Waals surface area contributed by atoms with Crippen LogP contribution >= 0.6 is 11.3 Å². The normalized spacial score (nSPS) is 15.1. The molecule has 82 valence electrons. The molecule has 1 saturated heterocycles. The molecular weight excluding hydrogens is 222 g/mol. The van der Waals surface area contributed by atoms with Crippen LogP contribution in [0.4, 0.5) is 5.13 Å². The largest absolute Gasteiger partial charge is 0.378 e. The van der Waals surface area contributed by atoms with E-state index in [0.29, 0.717) is 0 Å². The van der Waals surface area contributed by atoms with E-state index in [1.54, 1.807) is 11.3 Å². The monoisotopic (exact) mass is 233 g/mol. The fraction of sp³-hybridized carbons (Fsp3) is 0.455. The van der Waals surface area contributed by atoms with Crippen molar-refractivity contribution in [2.75, 3.05) is 31.2 Å². The number of ether oxygens (including phenoxy) is 1. The Morgan fingerprint density at radius 1 is 1.50 bits per heavy atom. The van der Waals surface area contributed by atoms with Crippen LogP contribution in [0.25, 0.3) is 0 Å². The molecule has 0 aliphatic carbocycles. The van der Waals surface area contributed by atoms with Gasteiger partial charge in [-0.2, -0.15) is 5.26 Å². The molecule has 0 saturated carbocycles. The highest BCUT2D eigenvalue weighted by Gasteiger charge is 2.13. The van der Waals surface area contributed by atoms with Crippen molar-refractivity contribution in [2.24, 2.45) is 0 Å². The van der Waals surface area contributed by atoms with Gasteiger partial charge in [0.25, 0.3) is 0 Å². The van der Waals surface area contributed by atoms with Crippen LogP contribution in [0.3, 0.4) is 0 Å². The summed E-state index contributed by atoms with van der Waals surface area (Å²) in [5, 5.41) is 11.3. The molecule has 0 N–H and O–H groups in total. The highest BCUT2D eigenvalue weighted by atomic mass is 32.1.